The first-order valence-electron chi connectivity index (χ1n) is 6.23. The lowest BCUT2D eigenvalue weighted by Gasteiger charge is -2.19. The zero-order valence-electron chi connectivity index (χ0n) is 10.7. The Morgan fingerprint density at radius 1 is 1.44 bits per heavy atom. The van der Waals surface area contributed by atoms with Crippen LogP contribution in [-0.4, -0.2) is 18.5 Å². The summed E-state index contributed by atoms with van der Waals surface area (Å²) in [4.78, 5) is 13.5. The van der Waals surface area contributed by atoms with Gasteiger partial charge in [-0.25, -0.2) is 0 Å². The van der Waals surface area contributed by atoms with E-state index >= 15 is 0 Å². The van der Waals surface area contributed by atoms with Crippen molar-refractivity contribution in [2.45, 2.75) is 32.7 Å². The predicted molar refractivity (Wildman–Crippen MR) is 71.5 cm³/mol. The summed E-state index contributed by atoms with van der Waals surface area (Å²) in [6.45, 7) is 4.82. The molecule has 1 saturated heterocycles. The van der Waals surface area contributed by atoms with Crippen molar-refractivity contribution in [2.75, 3.05) is 16.8 Å². The Labute approximate surface area is 107 Å². The van der Waals surface area contributed by atoms with Gasteiger partial charge in [0, 0.05) is 24.7 Å². The molecule has 1 fully saturated rings. The number of hydrogen-bond acceptors (Lipinski definition) is 3. The molecule has 1 aliphatic heterocycles. The molecule has 1 amide bonds. The molecule has 0 saturated carbocycles. The Morgan fingerprint density at radius 2 is 2.22 bits per heavy atom. The van der Waals surface area contributed by atoms with Crippen LogP contribution in [0, 0.1) is 11.3 Å². The molecule has 2 rings (SSSR count). The van der Waals surface area contributed by atoms with Crippen molar-refractivity contribution >= 4 is 17.3 Å². The van der Waals surface area contributed by atoms with Crippen molar-refractivity contribution < 1.29 is 4.79 Å². The number of carbonyl (C=O) groups is 1. The van der Waals surface area contributed by atoms with Crippen LogP contribution >= 0.6 is 0 Å². The topological polar surface area (TPSA) is 56.1 Å². The normalized spacial score (nSPS) is 15.0. The van der Waals surface area contributed by atoms with Crippen LogP contribution in [0.15, 0.2) is 18.2 Å². The quantitative estimate of drug-likeness (QED) is 0.887. The molecule has 0 bridgehead atoms. The van der Waals surface area contributed by atoms with Crippen LogP contribution < -0.4 is 10.2 Å². The maximum atomic E-state index is 11.7. The van der Waals surface area contributed by atoms with Crippen molar-refractivity contribution in [1.82, 2.24) is 0 Å². The zero-order valence-corrected chi connectivity index (χ0v) is 10.7. The highest BCUT2D eigenvalue weighted by Crippen LogP contribution is 2.27. The Morgan fingerprint density at radius 3 is 2.78 bits per heavy atom. The van der Waals surface area contributed by atoms with E-state index in [1.165, 1.54) is 0 Å². The minimum absolute atomic E-state index is 0.162. The summed E-state index contributed by atoms with van der Waals surface area (Å²) >= 11 is 0. The van der Waals surface area contributed by atoms with Gasteiger partial charge >= 0.3 is 0 Å². The molecule has 1 heterocycles. The van der Waals surface area contributed by atoms with Gasteiger partial charge in [0.1, 0.15) is 6.07 Å². The zero-order chi connectivity index (χ0) is 13.1. The van der Waals surface area contributed by atoms with Crippen LogP contribution in [0.4, 0.5) is 11.4 Å². The van der Waals surface area contributed by atoms with E-state index in [1.807, 2.05) is 26.0 Å². The molecular weight excluding hydrogens is 226 g/mol. The van der Waals surface area contributed by atoms with Gasteiger partial charge in [-0.1, -0.05) is 0 Å². The fourth-order valence-electron chi connectivity index (χ4n) is 2.15. The molecule has 94 valence electrons. The van der Waals surface area contributed by atoms with Gasteiger partial charge in [0.2, 0.25) is 5.91 Å². The van der Waals surface area contributed by atoms with Gasteiger partial charge in [0.25, 0.3) is 0 Å². The van der Waals surface area contributed by atoms with Crippen molar-refractivity contribution in [1.29, 1.82) is 5.26 Å². The van der Waals surface area contributed by atoms with E-state index in [9.17, 15) is 4.79 Å². The highest BCUT2D eigenvalue weighted by atomic mass is 16.2. The summed E-state index contributed by atoms with van der Waals surface area (Å²) in [5.41, 5.74) is 2.28. The van der Waals surface area contributed by atoms with Crippen LogP contribution in [0.5, 0.6) is 0 Å². The molecule has 1 aliphatic rings. The molecule has 1 aromatic carbocycles. The second kappa shape index (κ2) is 5.09. The second-order valence-corrected chi connectivity index (χ2v) is 4.79. The van der Waals surface area contributed by atoms with Crippen LogP contribution in [0.2, 0.25) is 0 Å². The van der Waals surface area contributed by atoms with Gasteiger partial charge in [-0.05, 0) is 38.5 Å². The molecule has 1 aromatic rings. The first-order chi connectivity index (χ1) is 8.61. The van der Waals surface area contributed by atoms with Crippen LogP contribution in [0.3, 0.4) is 0 Å². The van der Waals surface area contributed by atoms with Crippen LogP contribution in [0.25, 0.3) is 0 Å². The monoisotopic (exact) mass is 243 g/mol. The number of nitrogens with one attached hydrogen (secondary N) is 1. The van der Waals surface area contributed by atoms with E-state index in [0.717, 1.165) is 24.3 Å². The maximum Gasteiger partial charge on any atom is 0.227 e. The summed E-state index contributed by atoms with van der Waals surface area (Å²) in [5.74, 6) is 0.162. The molecule has 18 heavy (non-hydrogen) atoms. The van der Waals surface area contributed by atoms with Crippen molar-refractivity contribution in [3.05, 3.63) is 23.8 Å². The Balaban J connectivity index is 2.33. The summed E-state index contributed by atoms with van der Waals surface area (Å²) in [7, 11) is 0. The van der Waals surface area contributed by atoms with Gasteiger partial charge < -0.3 is 10.2 Å². The van der Waals surface area contributed by atoms with E-state index in [2.05, 4.69) is 11.4 Å². The molecule has 0 unspecified atom stereocenters. The third kappa shape index (κ3) is 2.45. The number of benzene rings is 1. The average Bonchev–Trinajstić information content (AvgIpc) is 2.74. The third-order valence-corrected chi connectivity index (χ3v) is 2.95. The van der Waals surface area contributed by atoms with Crippen LogP contribution in [0.1, 0.15) is 32.3 Å². The summed E-state index contributed by atoms with van der Waals surface area (Å²) in [6.07, 6.45) is 1.53. The minimum Gasteiger partial charge on any atom is -0.382 e. The second-order valence-electron chi connectivity index (χ2n) is 4.79. The fraction of sp³-hybridized carbons (Fsp3) is 0.429. The SMILES string of the molecule is CC(C)Nc1cc(N2CCCC2=O)ccc1C#N. The number of nitriles is 1. The largest absolute Gasteiger partial charge is 0.382 e. The van der Waals surface area contributed by atoms with Crippen molar-refractivity contribution in [3.63, 3.8) is 0 Å². The summed E-state index contributed by atoms with van der Waals surface area (Å²) < 4.78 is 0. The van der Waals surface area contributed by atoms with Gasteiger partial charge in [-0.15, -0.1) is 0 Å². The van der Waals surface area contributed by atoms with Gasteiger partial charge in [0.15, 0.2) is 0 Å². The molecule has 0 atom stereocenters. The molecule has 0 aliphatic carbocycles. The Hall–Kier alpha value is -2.02. The van der Waals surface area contributed by atoms with E-state index in [0.29, 0.717) is 12.0 Å². The predicted octanol–water partition coefficient (Wildman–Crippen LogP) is 2.51. The molecule has 0 spiro atoms. The Kier molecular flexibility index (Phi) is 3.52. The minimum atomic E-state index is 0.162. The number of carbonyl (C=O) groups excluding carboxylic acids is 1. The van der Waals surface area contributed by atoms with E-state index < -0.39 is 0 Å². The lowest BCUT2D eigenvalue weighted by Crippen LogP contribution is -2.24. The molecule has 0 aromatic heterocycles. The van der Waals surface area contributed by atoms with E-state index in [-0.39, 0.29) is 11.9 Å². The first kappa shape index (κ1) is 12.4. The number of rotatable bonds is 3. The molecule has 0 radical (unpaired) electrons. The highest BCUT2D eigenvalue weighted by Gasteiger charge is 2.22. The molecule has 4 heteroatoms. The van der Waals surface area contributed by atoms with Gasteiger partial charge in [-0.3, -0.25) is 4.79 Å². The maximum absolute atomic E-state index is 11.7. The smallest absolute Gasteiger partial charge is 0.227 e. The van der Waals surface area contributed by atoms with Crippen molar-refractivity contribution in [2.24, 2.45) is 0 Å². The van der Waals surface area contributed by atoms with Crippen molar-refractivity contribution in [3.8, 4) is 6.07 Å². The highest BCUT2D eigenvalue weighted by molar-refractivity contribution is 5.96. The number of hydrogen-bond donors (Lipinski definition) is 1. The summed E-state index contributed by atoms with van der Waals surface area (Å²) in [6, 6.07) is 7.92. The van der Waals surface area contributed by atoms with Gasteiger partial charge in [0.05, 0.1) is 11.3 Å². The number of amides is 1. The number of nitrogens with zero attached hydrogens (tertiary/aromatic N) is 2. The third-order valence-electron chi connectivity index (χ3n) is 2.95. The van der Waals surface area contributed by atoms with Crippen LogP contribution in [-0.2, 0) is 4.79 Å². The summed E-state index contributed by atoms with van der Waals surface area (Å²) in [5, 5.41) is 12.3. The molecule has 4 nitrogen and oxygen atoms in total. The van der Waals surface area contributed by atoms with E-state index in [1.54, 1.807) is 11.0 Å². The fourth-order valence-corrected chi connectivity index (χ4v) is 2.15. The number of anilines is 2. The average molecular weight is 243 g/mol. The lowest BCUT2D eigenvalue weighted by atomic mass is 10.1. The molecule has 1 N–H and O–H groups in total. The first-order valence-corrected chi connectivity index (χ1v) is 6.23. The van der Waals surface area contributed by atoms with Gasteiger partial charge in [-0.2, -0.15) is 5.26 Å². The van der Waals surface area contributed by atoms with E-state index in [4.69, 9.17) is 5.26 Å². The Bertz CT molecular complexity index is 502. The standard InChI is InChI=1S/C14H17N3O/c1-10(2)16-13-8-12(6-5-11(13)9-15)17-7-3-4-14(17)18/h5-6,8,10,16H,3-4,7H2,1-2H3. The molecular formula is C14H17N3O. The lowest BCUT2D eigenvalue weighted by molar-refractivity contribution is -0.117.